The number of hydrogen-bond donors (Lipinski definition) is 2. The van der Waals surface area contributed by atoms with E-state index < -0.39 is 0 Å². The molecule has 0 aliphatic rings. The number of nitrogens with zero attached hydrogens (tertiary/aromatic N) is 2. The zero-order valence-electron chi connectivity index (χ0n) is 11.4. The Kier molecular flexibility index (Phi) is 5.73. The van der Waals surface area contributed by atoms with Gasteiger partial charge in [0, 0.05) is 18.7 Å². The monoisotopic (exact) mass is 236 g/mol. The number of rotatable bonds is 7. The SMILES string of the molecule is CCCCNc1cc(NC(C)CC)nc(C)n1. The van der Waals surface area contributed by atoms with E-state index in [1.165, 1.54) is 6.42 Å². The van der Waals surface area contributed by atoms with Crippen molar-refractivity contribution in [1.82, 2.24) is 9.97 Å². The van der Waals surface area contributed by atoms with E-state index in [2.05, 4.69) is 41.4 Å². The van der Waals surface area contributed by atoms with Crippen LogP contribution in [0.4, 0.5) is 11.6 Å². The van der Waals surface area contributed by atoms with Gasteiger partial charge in [-0.15, -0.1) is 0 Å². The third-order valence-corrected chi connectivity index (χ3v) is 2.68. The summed E-state index contributed by atoms with van der Waals surface area (Å²) < 4.78 is 0. The van der Waals surface area contributed by atoms with Crippen molar-refractivity contribution < 1.29 is 0 Å². The quantitative estimate of drug-likeness (QED) is 0.714. The maximum absolute atomic E-state index is 4.39. The van der Waals surface area contributed by atoms with Gasteiger partial charge >= 0.3 is 0 Å². The molecule has 0 bridgehead atoms. The van der Waals surface area contributed by atoms with E-state index in [1.54, 1.807) is 0 Å². The average molecular weight is 236 g/mol. The Bertz CT molecular complexity index is 338. The lowest BCUT2D eigenvalue weighted by Gasteiger charge is -2.14. The van der Waals surface area contributed by atoms with Crippen molar-refractivity contribution in [2.75, 3.05) is 17.2 Å². The molecule has 0 saturated heterocycles. The Hall–Kier alpha value is -1.32. The molecule has 0 saturated carbocycles. The molecular weight excluding hydrogens is 212 g/mol. The van der Waals surface area contributed by atoms with Crippen molar-refractivity contribution in [3.8, 4) is 0 Å². The van der Waals surface area contributed by atoms with E-state index >= 15 is 0 Å². The number of nitrogens with one attached hydrogen (secondary N) is 2. The van der Waals surface area contributed by atoms with E-state index in [4.69, 9.17) is 0 Å². The highest BCUT2D eigenvalue weighted by molar-refractivity contribution is 5.47. The minimum absolute atomic E-state index is 0.438. The summed E-state index contributed by atoms with van der Waals surface area (Å²) in [6.45, 7) is 9.39. The number of aromatic nitrogens is 2. The first-order chi connectivity index (χ1) is 8.15. The van der Waals surface area contributed by atoms with E-state index in [9.17, 15) is 0 Å². The number of anilines is 2. The summed E-state index contributed by atoms with van der Waals surface area (Å²) in [7, 11) is 0. The molecule has 0 spiro atoms. The van der Waals surface area contributed by atoms with Crippen molar-refractivity contribution in [3.63, 3.8) is 0 Å². The van der Waals surface area contributed by atoms with Gasteiger partial charge < -0.3 is 10.6 Å². The van der Waals surface area contributed by atoms with E-state index in [0.717, 1.165) is 36.8 Å². The summed E-state index contributed by atoms with van der Waals surface area (Å²) in [6.07, 6.45) is 3.44. The minimum atomic E-state index is 0.438. The van der Waals surface area contributed by atoms with Crippen LogP contribution < -0.4 is 10.6 Å². The average Bonchev–Trinajstić information content (AvgIpc) is 2.28. The fourth-order valence-electron chi connectivity index (χ4n) is 1.48. The van der Waals surface area contributed by atoms with Crippen LogP contribution in [0.3, 0.4) is 0 Å². The van der Waals surface area contributed by atoms with E-state index in [-0.39, 0.29) is 0 Å². The number of unbranched alkanes of at least 4 members (excludes halogenated alkanes) is 1. The van der Waals surface area contributed by atoms with Crippen molar-refractivity contribution in [2.45, 2.75) is 53.0 Å². The smallest absolute Gasteiger partial charge is 0.132 e. The molecule has 1 rings (SSSR count). The molecule has 0 aliphatic heterocycles. The Labute approximate surface area is 104 Å². The molecule has 0 fully saturated rings. The van der Waals surface area contributed by atoms with Gasteiger partial charge in [-0.3, -0.25) is 0 Å². The van der Waals surface area contributed by atoms with Gasteiger partial charge in [-0.2, -0.15) is 0 Å². The summed E-state index contributed by atoms with van der Waals surface area (Å²) in [5.41, 5.74) is 0. The van der Waals surface area contributed by atoms with Crippen molar-refractivity contribution in [2.24, 2.45) is 0 Å². The molecule has 0 radical (unpaired) electrons. The molecule has 0 aromatic carbocycles. The van der Waals surface area contributed by atoms with Crippen LogP contribution in [-0.2, 0) is 0 Å². The first-order valence-electron chi connectivity index (χ1n) is 6.51. The molecule has 0 amide bonds. The third-order valence-electron chi connectivity index (χ3n) is 2.68. The molecule has 96 valence electrons. The van der Waals surface area contributed by atoms with Crippen LogP contribution in [0.1, 0.15) is 45.9 Å². The lowest BCUT2D eigenvalue weighted by Crippen LogP contribution is -2.15. The predicted octanol–water partition coefficient (Wildman–Crippen LogP) is 3.21. The van der Waals surface area contributed by atoms with Crippen LogP contribution >= 0.6 is 0 Å². The second kappa shape index (κ2) is 7.09. The third kappa shape index (κ3) is 5.02. The fraction of sp³-hybridized carbons (Fsp3) is 0.692. The molecule has 1 aromatic rings. The lowest BCUT2D eigenvalue weighted by atomic mass is 10.2. The van der Waals surface area contributed by atoms with Gasteiger partial charge in [0.05, 0.1) is 0 Å². The predicted molar refractivity (Wildman–Crippen MR) is 73.5 cm³/mol. The molecule has 2 N–H and O–H groups in total. The van der Waals surface area contributed by atoms with Gasteiger partial charge in [-0.25, -0.2) is 9.97 Å². The van der Waals surface area contributed by atoms with Crippen LogP contribution in [0.25, 0.3) is 0 Å². The standard InChI is InChI=1S/C13H24N4/c1-5-7-8-14-12-9-13(15-10(3)6-2)17-11(4)16-12/h9-10H,5-8H2,1-4H3,(H2,14,15,16,17). The minimum Gasteiger partial charge on any atom is -0.370 e. The molecule has 17 heavy (non-hydrogen) atoms. The van der Waals surface area contributed by atoms with Crippen LogP contribution in [0, 0.1) is 6.92 Å². The van der Waals surface area contributed by atoms with Crippen molar-refractivity contribution in [3.05, 3.63) is 11.9 Å². The van der Waals surface area contributed by atoms with E-state index in [1.807, 2.05) is 13.0 Å². The molecule has 1 unspecified atom stereocenters. The first kappa shape index (κ1) is 13.7. The Morgan fingerprint density at radius 3 is 2.59 bits per heavy atom. The van der Waals surface area contributed by atoms with Gasteiger partial charge in [0.2, 0.25) is 0 Å². The molecular formula is C13H24N4. The zero-order chi connectivity index (χ0) is 12.7. The van der Waals surface area contributed by atoms with Crippen LogP contribution in [0.2, 0.25) is 0 Å². The number of hydrogen-bond acceptors (Lipinski definition) is 4. The van der Waals surface area contributed by atoms with Crippen molar-refractivity contribution in [1.29, 1.82) is 0 Å². The molecule has 1 atom stereocenters. The highest BCUT2D eigenvalue weighted by Crippen LogP contribution is 2.12. The van der Waals surface area contributed by atoms with Gasteiger partial charge in [0.25, 0.3) is 0 Å². The summed E-state index contributed by atoms with van der Waals surface area (Å²) >= 11 is 0. The van der Waals surface area contributed by atoms with Gasteiger partial charge in [0.1, 0.15) is 17.5 Å². The molecule has 4 heteroatoms. The van der Waals surface area contributed by atoms with E-state index in [0.29, 0.717) is 6.04 Å². The fourth-order valence-corrected chi connectivity index (χ4v) is 1.48. The maximum Gasteiger partial charge on any atom is 0.132 e. The first-order valence-corrected chi connectivity index (χ1v) is 6.51. The number of aryl methyl sites for hydroxylation is 1. The summed E-state index contributed by atoms with van der Waals surface area (Å²) in [6, 6.07) is 2.42. The highest BCUT2D eigenvalue weighted by atomic mass is 15.1. The second-order valence-corrected chi connectivity index (χ2v) is 4.42. The van der Waals surface area contributed by atoms with Crippen LogP contribution in [0.5, 0.6) is 0 Å². The lowest BCUT2D eigenvalue weighted by molar-refractivity contribution is 0.757. The zero-order valence-corrected chi connectivity index (χ0v) is 11.4. The second-order valence-electron chi connectivity index (χ2n) is 4.42. The normalized spacial score (nSPS) is 12.2. The topological polar surface area (TPSA) is 49.8 Å². The van der Waals surface area contributed by atoms with Crippen LogP contribution in [-0.4, -0.2) is 22.6 Å². The molecule has 1 heterocycles. The highest BCUT2D eigenvalue weighted by Gasteiger charge is 2.04. The van der Waals surface area contributed by atoms with Gasteiger partial charge in [0.15, 0.2) is 0 Å². The summed E-state index contributed by atoms with van der Waals surface area (Å²) in [5, 5.41) is 6.70. The largest absolute Gasteiger partial charge is 0.370 e. The summed E-state index contributed by atoms with van der Waals surface area (Å²) in [4.78, 5) is 8.76. The Morgan fingerprint density at radius 2 is 1.94 bits per heavy atom. The van der Waals surface area contributed by atoms with Gasteiger partial charge in [-0.1, -0.05) is 20.3 Å². The van der Waals surface area contributed by atoms with Crippen molar-refractivity contribution >= 4 is 11.6 Å². The molecule has 4 nitrogen and oxygen atoms in total. The Balaban J connectivity index is 2.65. The van der Waals surface area contributed by atoms with Crippen LogP contribution in [0.15, 0.2) is 6.07 Å². The van der Waals surface area contributed by atoms with Gasteiger partial charge in [-0.05, 0) is 26.7 Å². The Morgan fingerprint density at radius 1 is 1.24 bits per heavy atom. The summed E-state index contributed by atoms with van der Waals surface area (Å²) in [5.74, 6) is 2.62. The molecule has 1 aromatic heterocycles. The maximum atomic E-state index is 4.39. The molecule has 0 aliphatic carbocycles.